The minimum atomic E-state index is -4.50. The monoisotopic (exact) mass is 532 g/mol. The molecule has 0 unspecified atom stereocenters. The molecule has 5 rings (SSSR count). The first-order valence-electron chi connectivity index (χ1n) is 12.1. The average molecular weight is 533 g/mol. The molecule has 1 aliphatic rings. The lowest BCUT2D eigenvalue weighted by Gasteiger charge is -2.30. The number of benzene rings is 1. The highest BCUT2D eigenvalue weighted by atomic mass is 19.4. The summed E-state index contributed by atoms with van der Waals surface area (Å²) in [6.07, 6.45) is -2.61. The molecule has 4 heterocycles. The Morgan fingerprint density at radius 2 is 1.92 bits per heavy atom. The molecule has 0 amide bonds. The highest BCUT2D eigenvalue weighted by Gasteiger charge is 2.46. The van der Waals surface area contributed by atoms with Gasteiger partial charge < -0.3 is 15.2 Å². The Hall–Kier alpha value is -3.35. The summed E-state index contributed by atoms with van der Waals surface area (Å²) in [5.74, 6) is -0.0391. The van der Waals surface area contributed by atoms with Crippen molar-refractivity contribution < 1.29 is 27.0 Å². The van der Waals surface area contributed by atoms with Gasteiger partial charge in [-0.25, -0.2) is 9.37 Å². The van der Waals surface area contributed by atoms with Gasteiger partial charge >= 0.3 is 6.18 Å². The van der Waals surface area contributed by atoms with Crippen molar-refractivity contribution in [2.24, 2.45) is 5.73 Å². The predicted molar refractivity (Wildman–Crippen MR) is 133 cm³/mol. The molecule has 3 aromatic heterocycles. The van der Waals surface area contributed by atoms with Gasteiger partial charge in [-0.05, 0) is 44.0 Å². The Morgan fingerprint density at radius 1 is 1.13 bits per heavy atom. The molecule has 2 atom stereocenters. The topological polar surface area (TPSA) is 90.8 Å². The van der Waals surface area contributed by atoms with Gasteiger partial charge in [-0.3, -0.25) is 9.30 Å². The molecule has 1 aliphatic heterocycles. The first-order valence-corrected chi connectivity index (χ1v) is 12.1. The SMILES string of the molecule is COCC(C)(C)Oc1cc(F)cc2ccc(-c3nnc4ccc([C@@H](N5CC[C@H](N)C5)C(F)(F)F)cn34)nc12. The highest BCUT2D eigenvalue weighted by molar-refractivity contribution is 5.86. The van der Waals surface area contributed by atoms with E-state index in [9.17, 15) is 17.6 Å². The zero-order chi connectivity index (χ0) is 27.2. The molecule has 4 aromatic rings. The van der Waals surface area contributed by atoms with Crippen LogP contribution < -0.4 is 10.5 Å². The molecule has 0 bridgehead atoms. The van der Waals surface area contributed by atoms with Crippen LogP contribution in [0.2, 0.25) is 0 Å². The molecule has 0 spiro atoms. The van der Waals surface area contributed by atoms with Crippen LogP contribution in [0, 0.1) is 5.82 Å². The maximum absolute atomic E-state index is 14.3. The molecule has 0 aliphatic carbocycles. The smallest absolute Gasteiger partial charge is 0.408 e. The van der Waals surface area contributed by atoms with E-state index in [-0.39, 0.29) is 42.9 Å². The summed E-state index contributed by atoms with van der Waals surface area (Å²) in [6.45, 7) is 4.26. The van der Waals surface area contributed by atoms with E-state index in [1.54, 1.807) is 26.0 Å². The van der Waals surface area contributed by atoms with Crippen LogP contribution in [0.15, 0.2) is 42.6 Å². The molecule has 202 valence electrons. The zero-order valence-corrected chi connectivity index (χ0v) is 21.2. The van der Waals surface area contributed by atoms with Gasteiger partial charge in [0.1, 0.15) is 34.4 Å². The van der Waals surface area contributed by atoms with Crippen LogP contribution in [0.4, 0.5) is 17.6 Å². The Morgan fingerprint density at radius 3 is 2.61 bits per heavy atom. The fraction of sp³-hybridized carbons (Fsp3) is 0.423. The maximum atomic E-state index is 14.3. The minimum absolute atomic E-state index is 0.0494. The number of ether oxygens (including phenoxy) is 2. The van der Waals surface area contributed by atoms with Crippen LogP contribution in [0.25, 0.3) is 28.1 Å². The van der Waals surface area contributed by atoms with Crippen molar-refractivity contribution in [1.82, 2.24) is 24.5 Å². The van der Waals surface area contributed by atoms with Gasteiger partial charge in [0, 0.05) is 43.9 Å². The lowest BCUT2D eigenvalue weighted by molar-refractivity contribution is -0.183. The molecule has 8 nitrogen and oxygen atoms in total. The van der Waals surface area contributed by atoms with E-state index < -0.39 is 23.6 Å². The zero-order valence-electron chi connectivity index (χ0n) is 21.2. The van der Waals surface area contributed by atoms with E-state index >= 15 is 0 Å². The second-order valence-electron chi connectivity index (χ2n) is 10.2. The number of fused-ring (bicyclic) bond motifs is 2. The normalized spacial score (nSPS) is 17.9. The third-order valence-electron chi connectivity index (χ3n) is 6.50. The first kappa shape index (κ1) is 26.3. The van der Waals surface area contributed by atoms with Crippen molar-refractivity contribution in [3.8, 4) is 17.3 Å². The van der Waals surface area contributed by atoms with E-state index in [0.717, 1.165) is 0 Å². The van der Waals surface area contributed by atoms with Crippen molar-refractivity contribution in [2.75, 3.05) is 26.8 Å². The van der Waals surface area contributed by atoms with Crippen molar-refractivity contribution in [2.45, 2.75) is 44.1 Å². The highest BCUT2D eigenvalue weighted by Crippen LogP contribution is 2.39. The van der Waals surface area contributed by atoms with Crippen molar-refractivity contribution in [3.63, 3.8) is 0 Å². The number of hydrogen-bond acceptors (Lipinski definition) is 7. The Kier molecular flexibility index (Phi) is 6.74. The van der Waals surface area contributed by atoms with Crippen LogP contribution in [-0.4, -0.2) is 69.1 Å². The van der Waals surface area contributed by atoms with E-state index in [4.69, 9.17) is 15.2 Å². The molecular formula is C26H28F4N6O2. The number of rotatable bonds is 7. The molecular weight excluding hydrogens is 504 g/mol. The molecule has 1 aromatic carbocycles. The number of nitrogens with two attached hydrogens (primary N) is 1. The number of alkyl halides is 3. The summed E-state index contributed by atoms with van der Waals surface area (Å²) in [5, 5.41) is 8.81. The molecule has 0 saturated carbocycles. The number of pyridine rings is 2. The van der Waals surface area contributed by atoms with Crippen molar-refractivity contribution in [3.05, 3.63) is 54.0 Å². The summed E-state index contributed by atoms with van der Waals surface area (Å²) in [4.78, 5) is 6.01. The van der Waals surface area contributed by atoms with Crippen molar-refractivity contribution >= 4 is 16.6 Å². The van der Waals surface area contributed by atoms with E-state index in [1.165, 1.54) is 46.9 Å². The number of nitrogens with zero attached hydrogens (tertiary/aromatic N) is 5. The molecule has 1 saturated heterocycles. The first-order chi connectivity index (χ1) is 17.9. The molecule has 38 heavy (non-hydrogen) atoms. The number of halogens is 4. The fourth-order valence-electron chi connectivity index (χ4n) is 4.95. The summed E-state index contributed by atoms with van der Waals surface area (Å²) < 4.78 is 69.6. The van der Waals surface area contributed by atoms with Gasteiger partial charge in [-0.1, -0.05) is 12.1 Å². The fourth-order valence-corrected chi connectivity index (χ4v) is 4.95. The number of likely N-dealkylation sites (tertiary alicyclic amines) is 1. The Balaban J connectivity index is 1.59. The second-order valence-corrected chi connectivity index (χ2v) is 10.2. The quantitative estimate of drug-likeness (QED) is 0.350. The summed E-state index contributed by atoms with van der Waals surface area (Å²) in [7, 11) is 1.54. The predicted octanol–water partition coefficient (Wildman–Crippen LogP) is 4.52. The van der Waals surface area contributed by atoms with Gasteiger partial charge in [0.2, 0.25) is 0 Å². The van der Waals surface area contributed by atoms with Crippen LogP contribution in [0.1, 0.15) is 31.9 Å². The summed E-state index contributed by atoms with van der Waals surface area (Å²) >= 11 is 0. The van der Waals surface area contributed by atoms with E-state index in [0.29, 0.717) is 28.7 Å². The Labute approximate surface area is 216 Å². The lowest BCUT2D eigenvalue weighted by atomic mass is 10.1. The minimum Gasteiger partial charge on any atom is -0.483 e. The number of methoxy groups -OCH3 is 1. The lowest BCUT2D eigenvalue weighted by Crippen LogP contribution is -2.38. The largest absolute Gasteiger partial charge is 0.483 e. The van der Waals surface area contributed by atoms with Crippen LogP contribution in [0.5, 0.6) is 5.75 Å². The molecule has 1 fully saturated rings. The third-order valence-corrected chi connectivity index (χ3v) is 6.50. The number of hydrogen-bond donors (Lipinski definition) is 1. The second kappa shape index (κ2) is 9.75. The number of aromatic nitrogens is 4. The van der Waals surface area contributed by atoms with Crippen LogP contribution >= 0.6 is 0 Å². The standard InChI is InChI=1S/C26H28F4N6O2/c1-25(2,14-37-3)38-20-11-17(27)10-15-4-6-19(32-22(15)20)24-34-33-21-7-5-16(12-36(21)24)23(26(28,29)30)35-9-8-18(31)13-35/h4-7,10-12,18,23H,8-9,13-14,31H2,1-3H3/t18-,23+/m0/s1. The molecule has 12 heteroatoms. The molecule has 0 radical (unpaired) electrons. The van der Waals surface area contributed by atoms with Gasteiger partial charge in [-0.15, -0.1) is 10.2 Å². The Bertz CT molecular complexity index is 1470. The van der Waals surface area contributed by atoms with E-state index in [2.05, 4.69) is 15.2 Å². The van der Waals surface area contributed by atoms with E-state index in [1.807, 2.05) is 0 Å². The van der Waals surface area contributed by atoms with Gasteiger partial charge in [-0.2, -0.15) is 13.2 Å². The van der Waals surface area contributed by atoms with Crippen molar-refractivity contribution in [1.29, 1.82) is 0 Å². The average Bonchev–Trinajstić information content (AvgIpc) is 3.43. The molecule has 2 N–H and O–H groups in total. The summed E-state index contributed by atoms with van der Waals surface area (Å²) in [6, 6.07) is 6.65. The van der Waals surface area contributed by atoms with Gasteiger partial charge in [0.25, 0.3) is 0 Å². The maximum Gasteiger partial charge on any atom is 0.408 e. The summed E-state index contributed by atoms with van der Waals surface area (Å²) in [5.41, 5.74) is 6.26. The van der Waals surface area contributed by atoms with Crippen LogP contribution in [-0.2, 0) is 4.74 Å². The van der Waals surface area contributed by atoms with Gasteiger partial charge in [0.15, 0.2) is 11.5 Å². The van der Waals surface area contributed by atoms with Crippen LogP contribution in [0.3, 0.4) is 0 Å². The third kappa shape index (κ3) is 5.16. The van der Waals surface area contributed by atoms with Gasteiger partial charge in [0.05, 0.1) is 6.61 Å².